The maximum Gasteiger partial charge on any atom is 0.222 e. The van der Waals surface area contributed by atoms with E-state index >= 15 is 0 Å². The van der Waals surface area contributed by atoms with E-state index in [9.17, 15) is 4.79 Å². The minimum absolute atomic E-state index is 0.290. The lowest BCUT2D eigenvalue weighted by molar-refractivity contribution is -0.132. The van der Waals surface area contributed by atoms with Crippen molar-refractivity contribution in [1.29, 1.82) is 0 Å². The summed E-state index contributed by atoms with van der Waals surface area (Å²) >= 11 is 0. The summed E-state index contributed by atoms with van der Waals surface area (Å²) in [6.45, 7) is 6.70. The number of benzene rings is 1. The first-order chi connectivity index (χ1) is 11.7. The van der Waals surface area contributed by atoms with Gasteiger partial charge in [-0.15, -0.1) is 0 Å². The van der Waals surface area contributed by atoms with E-state index in [4.69, 9.17) is 0 Å². The van der Waals surface area contributed by atoms with Gasteiger partial charge in [-0.3, -0.25) is 4.79 Å². The van der Waals surface area contributed by atoms with Gasteiger partial charge in [0.15, 0.2) is 0 Å². The molecule has 0 spiro atoms. The van der Waals surface area contributed by atoms with Crippen LogP contribution in [0.5, 0.6) is 0 Å². The molecule has 2 rings (SSSR count). The molecule has 1 aromatic heterocycles. The fourth-order valence-corrected chi connectivity index (χ4v) is 2.97. The smallest absolute Gasteiger partial charge is 0.222 e. The summed E-state index contributed by atoms with van der Waals surface area (Å²) in [6.07, 6.45) is 7.07. The van der Waals surface area contributed by atoms with Crippen molar-refractivity contribution in [1.82, 2.24) is 9.47 Å². The molecule has 1 amide bonds. The molecule has 0 saturated carbocycles. The third-order valence-corrected chi connectivity index (χ3v) is 4.31. The van der Waals surface area contributed by atoms with E-state index < -0.39 is 0 Å². The molecule has 24 heavy (non-hydrogen) atoms. The molecule has 0 bridgehead atoms. The number of carbonyl (C=O) groups excluding carboxylic acids is 1. The fourth-order valence-electron chi connectivity index (χ4n) is 2.97. The number of nitrogens with zero attached hydrogens (tertiary/aromatic N) is 2. The van der Waals surface area contributed by atoms with Crippen molar-refractivity contribution >= 4 is 5.91 Å². The lowest BCUT2D eigenvalue weighted by atomic mass is 10.2. The van der Waals surface area contributed by atoms with Crippen LogP contribution in [0.15, 0.2) is 48.7 Å². The number of hydrogen-bond donors (Lipinski definition) is 0. The third-order valence-electron chi connectivity index (χ3n) is 4.31. The van der Waals surface area contributed by atoms with Crippen LogP contribution in [-0.4, -0.2) is 21.9 Å². The molecule has 0 unspecified atom stereocenters. The van der Waals surface area contributed by atoms with Crippen molar-refractivity contribution in [2.24, 2.45) is 0 Å². The van der Waals surface area contributed by atoms with Crippen LogP contribution >= 0.6 is 0 Å². The quantitative estimate of drug-likeness (QED) is 0.573. The van der Waals surface area contributed by atoms with Gasteiger partial charge in [-0.1, -0.05) is 57.0 Å². The Kier molecular flexibility index (Phi) is 7.60. The maximum atomic E-state index is 12.5. The molecule has 0 saturated heterocycles. The third kappa shape index (κ3) is 5.55. The Morgan fingerprint density at radius 1 is 1.00 bits per heavy atom. The average Bonchev–Trinajstić information content (AvgIpc) is 3.02. The Morgan fingerprint density at radius 2 is 1.79 bits per heavy atom. The van der Waals surface area contributed by atoms with Crippen LogP contribution in [0.3, 0.4) is 0 Å². The summed E-state index contributed by atoms with van der Waals surface area (Å²) < 4.78 is 2.25. The molecule has 1 aromatic carbocycles. The van der Waals surface area contributed by atoms with E-state index in [1.165, 1.54) is 11.3 Å². The van der Waals surface area contributed by atoms with Gasteiger partial charge in [-0.2, -0.15) is 0 Å². The minimum Gasteiger partial charge on any atom is -0.345 e. The molecular formula is C21H30N2O. The van der Waals surface area contributed by atoms with Gasteiger partial charge in [-0.05, 0) is 30.5 Å². The van der Waals surface area contributed by atoms with Crippen LogP contribution < -0.4 is 0 Å². The Labute approximate surface area is 146 Å². The molecule has 0 fully saturated rings. The predicted molar refractivity (Wildman–Crippen MR) is 99.8 cm³/mol. The molecule has 3 heteroatoms. The fraction of sp³-hybridized carbons (Fsp3) is 0.476. The molecule has 130 valence electrons. The van der Waals surface area contributed by atoms with Gasteiger partial charge >= 0.3 is 0 Å². The lowest BCUT2D eigenvalue weighted by Gasteiger charge is -2.23. The van der Waals surface area contributed by atoms with Crippen molar-refractivity contribution in [3.05, 3.63) is 59.9 Å². The van der Waals surface area contributed by atoms with Crippen molar-refractivity contribution in [3.8, 4) is 0 Å². The Balaban J connectivity index is 2.01. The monoisotopic (exact) mass is 326 g/mol. The second-order valence-corrected chi connectivity index (χ2v) is 6.39. The number of rotatable bonds is 10. The molecule has 0 aliphatic carbocycles. The van der Waals surface area contributed by atoms with Crippen LogP contribution in [0.1, 0.15) is 57.2 Å². The standard InChI is InChI=1S/C21H30N2O/c1-3-5-7-14-21(24)23(15-4-2)18-20-13-10-16-22(20)17-19-11-8-6-9-12-19/h6,8-13,16H,3-5,7,14-15,17-18H2,1-2H3. The SMILES string of the molecule is CCCCCC(=O)N(CCC)Cc1cccn1Cc1ccccc1. The first-order valence-corrected chi connectivity index (χ1v) is 9.20. The van der Waals surface area contributed by atoms with Gasteiger partial charge in [0, 0.05) is 31.4 Å². The highest BCUT2D eigenvalue weighted by Crippen LogP contribution is 2.13. The summed E-state index contributed by atoms with van der Waals surface area (Å²) in [5.41, 5.74) is 2.49. The second-order valence-electron chi connectivity index (χ2n) is 6.39. The first-order valence-electron chi connectivity index (χ1n) is 9.20. The van der Waals surface area contributed by atoms with Crippen LogP contribution in [0.4, 0.5) is 0 Å². The topological polar surface area (TPSA) is 25.2 Å². The van der Waals surface area contributed by atoms with E-state index in [1.54, 1.807) is 0 Å². The summed E-state index contributed by atoms with van der Waals surface area (Å²) in [7, 11) is 0. The Hall–Kier alpha value is -2.03. The Bertz CT molecular complexity index is 603. The first kappa shape index (κ1) is 18.3. The van der Waals surface area contributed by atoms with E-state index in [2.05, 4.69) is 61.0 Å². The van der Waals surface area contributed by atoms with Crippen LogP contribution in [-0.2, 0) is 17.9 Å². The van der Waals surface area contributed by atoms with Gasteiger partial charge in [0.1, 0.15) is 0 Å². The number of carbonyl (C=O) groups is 1. The number of hydrogen-bond acceptors (Lipinski definition) is 1. The van der Waals surface area contributed by atoms with Gasteiger partial charge in [0.25, 0.3) is 0 Å². The summed E-state index contributed by atoms with van der Waals surface area (Å²) in [5.74, 6) is 0.290. The van der Waals surface area contributed by atoms with Gasteiger partial charge in [0.2, 0.25) is 5.91 Å². The average molecular weight is 326 g/mol. The van der Waals surface area contributed by atoms with Crippen LogP contribution in [0, 0.1) is 0 Å². The number of unbranched alkanes of at least 4 members (excludes halogenated alkanes) is 2. The lowest BCUT2D eigenvalue weighted by Crippen LogP contribution is -2.32. The molecule has 1 heterocycles. The maximum absolute atomic E-state index is 12.5. The van der Waals surface area contributed by atoms with E-state index in [-0.39, 0.29) is 5.91 Å². The number of aromatic nitrogens is 1. The molecule has 0 radical (unpaired) electrons. The molecule has 0 aliphatic rings. The van der Waals surface area contributed by atoms with Gasteiger partial charge < -0.3 is 9.47 Å². The van der Waals surface area contributed by atoms with Crippen molar-refractivity contribution in [3.63, 3.8) is 0 Å². The van der Waals surface area contributed by atoms with Gasteiger partial charge in [-0.25, -0.2) is 0 Å². The normalized spacial score (nSPS) is 10.8. The van der Waals surface area contributed by atoms with E-state index in [0.29, 0.717) is 13.0 Å². The van der Waals surface area contributed by atoms with Crippen LogP contribution in [0.2, 0.25) is 0 Å². The second kappa shape index (κ2) is 9.96. The summed E-state index contributed by atoms with van der Waals surface area (Å²) in [6, 6.07) is 14.7. The minimum atomic E-state index is 0.290. The summed E-state index contributed by atoms with van der Waals surface area (Å²) in [4.78, 5) is 14.5. The van der Waals surface area contributed by atoms with Crippen molar-refractivity contribution < 1.29 is 4.79 Å². The largest absolute Gasteiger partial charge is 0.345 e. The molecule has 0 aliphatic heterocycles. The predicted octanol–water partition coefficient (Wildman–Crippen LogP) is 4.86. The zero-order chi connectivity index (χ0) is 17.2. The zero-order valence-electron chi connectivity index (χ0n) is 15.1. The molecule has 3 nitrogen and oxygen atoms in total. The number of amides is 1. The highest BCUT2D eigenvalue weighted by Gasteiger charge is 2.14. The van der Waals surface area contributed by atoms with E-state index in [1.807, 2.05) is 11.0 Å². The van der Waals surface area contributed by atoms with Crippen LogP contribution in [0.25, 0.3) is 0 Å². The van der Waals surface area contributed by atoms with Gasteiger partial charge in [0.05, 0.1) is 6.54 Å². The summed E-state index contributed by atoms with van der Waals surface area (Å²) in [5, 5.41) is 0. The highest BCUT2D eigenvalue weighted by atomic mass is 16.2. The zero-order valence-corrected chi connectivity index (χ0v) is 15.1. The molecular weight excluding hydrogens is 296 g/mol. The highest BCUT2D eigenvalue weighted by molar-refractivity contribution is 5.76. The van der Waals surface area contributed by atoms with Crippen molar-refractivity contribution in [2.45, 2.75) is 59.0 Å². The molecule has 0 atom stereocenters. The molecule has 0 N–H and O–H groups in total. The van der Waals surface area contributed by atoms with E-state index in [0.717, 1.165) is 38.8 Å². The molecule has 2 aromatic rings. The van der Waals surface area contributed by atoms with Crippen molar-refractivity contribution in [2.75, 3.05) is 6.54 Å². The Morgan fingerprint density at radius 3 is 2.50 bits per heavy atom.